The fraction of sp³-hybridized carbons (Fsp3) is 0.611. The predicted molar refractivity (Wildman–Crippen MR) is 106 cm³/mol. The van der Waals surface area contributed by atoms with Gasteiger partial charge in [-0.05, 0) is 18.4 Å². The zero-order valence-corrected chi connectivity index (χ0v) is 16.5. The topological polar surface area (TPSA) is 79.0 Å². The summed E-state index contributed by atoms with van der Waals surface area (Å²) in [6, 6.07) is 9.69. The van der Waals surface area contributed by atoms with Crippen molar-refractivity contribution < 1.29 is 14.6 Å². The summed E-state index contributed by atoms with van der Waals surface area (Å²) in [7, 11) is 0. The number of nitrogens with two attached hydrogens (primary N) is 1. The summed E-state index contributed by atoms with van der Waals surface area (Å²) in [5.41, 5.74) is 6.47. The highest BCUT2D eigenvalue weighted by atomic mass is 35.5. The molecule has 26 heavy (non-hydrogen) atoms. The molecule has 1 atom stereocenters. The van der Waals surface area contributed by atoms with Crippen molar-refractivity contribution in [2.45, 2.75) is 24.5 Å². The number of hydrogen-bond donors (Lipinski definition) is 2. The summed E-state index contributed by atoms with van der Waals surface area (Å²) in [4.78, 5) is 16.8. The number of benzene rings is 1. The highest BCUT2D eigenvalue weighted by molar-refractivity contribution is 5.86. The Hall–Kier alpha value is -0.890. The number of hydrogen-bond acceptors (Lipinski definition) is 5. The highest BCUT2D eigenvalue weighted by Crippen LogP contribution is 2.22. The van der Waals surface area contributed by atoms with Crippen LogP contribution >= 0.6 is 24.8 Å². The number of aliphatic hydroxyl groups is 1. The van der Waals surface area contributed by atoms with Crippen LogP contribution in [0.1, 0.15) is 24.5 Å². The number of carbonyl (C=O) groups excluding carboxylic acids is 1. The lowest BCUT2D eigenvalue weighted by Crippen LogP contribution is -2.61. The number of carbonyl (C=O) groups is 1. The number of β-amino-alcohol motifs (C(OH)–C–C–N with tert-alkyl or cyclic N) is 1. The molecule has 6 nitrogen and oxygen atoms in total. The fourth-order valence-electron chi connectivity index (χ4n) is 3.42. The van der Waals surface area contributed by atoms with E-state index in [1.54, 1.807) is 0 Å². The first-order valence-electron chi connectivity index (χ1n) is 8.70. The normalized spacial score (nSPS) is 21.2. The summed E-state index contributed by atoms with van der Waals surface area (Å²) in [5.74, 6) is 0.0501. The number of aliphatic hydroxyl groups excluding tert-OH is 1. The van der Waals surface area contributed by atoms with Crippen LogP contribution in [0.2, 0.25) is 0 Å². The number of nitrogens with zero attached hydrogens (tertiary/aromatic N) is 2. The van der Waals surface area contributed by atoms with Gasteiger partial charge >= 0.3 is 0 Å². The molecule has 0 aromatic heterocycles. The number of piperazine rings is 1. The van der Waals surface area contributed by atoms with Crippen molar-refractivity contribution in [2.75, 3.05) is 45.9 Å². The van der Waals surface area contributed by atoms with E-state index in [0.717, 1.165) is 18.7 Å². The molecule has 1 amide bonds. The van der Waals surface area contributed by atoms with Crippen molar-refractivity contribution in [3.8, 4) is 0 Å². The summed E-state index contributed by atoms with van der Waals surface area (Å²) in [5, 5.41) is 10.3. The van der Waals surface area contributed by atoms with Crippen LogP contribution in [0.15, 0.2) is 30.3 Å². The zero-order chi connectivity index (χ0) is 17.0. The van der Waals surface area contributed by atoms with Gasteiger partial charge in [-0.3, -0.25) is 9.69 Å². The molecule has 2 saturated heterocycles. The van der Waals surface area contributed by atoms with Crippen molar-refractivity contribution in [1.82, 2.24) is 9.80 Å². The van der Waals surface area contributed by atoms with E-state index in [1.165, 1.54) is 0 Å². The van der Waals surface area contributed by atoms with Gasteiger partial charge in [0.25, 0.3) is 0 Å². The maximum absolute atomic E-state index is 12.7. The van der Waals surface area contributed by atoms with Gasteiger partial charge in [0.15, 0.2) is 0 Å². The van der Waals surface area contributed by atoms with Gasteiger partial charge in [0.2, 0.25) is 5.91 Å². The Morgan fingerprint density at radius 3 is 2.27 bits per heavy atom. The lowest BCUT2D eigenvalue weighted by Gasteiger charge is -2.41. The third-order valence-corrected chi connectivity index (χ3v) is 5.09. The second kappa shape index (κ2) is 10.4. The summed E-state index contributed by atoms with van der Waals surface area (Å²) < 4.78 is 5.32. The van der Waals surface area contributed by atoms with E-state index in [2.05, 4.69) is 4.90 Å². The lowest BCUT2D eigenvalue weighted by molar-refractivity contribution is -0.142. The molecule has 8 heteroatoms. The van der Waals surface area contributed by atoms with Crippen LogP contribution in [0, 0.1) is 0 Å². The second-order valence-corrected chi connectivity index (χ2v) is 6.79. The van der Waals surface area contributed by atoms with Crippen molar-refractivity contribution in [3.05, 3.63) is 35.9 Å². The monoisotopic (exact) mass is 405 g/mol. The molecule has 1 unspecified atom stereocenters. The molecule has 2 aliphatic rings. The Morgan fingerprint density at radius 1 is 1.12 bits per heavy atom. The fourth-order valence-corrected chi connectivity index (χ4v) is 3.42. The number of rotatable bonds is 4. The van der Waals surface area contributed by atoms with Gasteiger partial charge in [0, 0.05) is 45.9 Å². The standard InChI is InChI=1S/C18H27N3O3.2ClH/c19-18(6-12-24-13-7-18)17(23)21-10-8-20(9-11-21)14-16(22)15-4-2-1-3-5-15;;/h1-5,16,22H,6-14,19H2;2*1H. The van der Waals surface area contributed by atoms with E-state index in [9.17, 15) is 9.90 Å². The van der Waals surface area contributed by atoms with Crippen molar-refractivity contribution in [1.29, 1.82) is 0 Å². The van der Waals surface area contributed by atoms with E-state index in [1.807, 2.05) is 35.2 Å². The first-order chi connectivity index (χ1) is 11.6. The van der Waals surface area contributed by atoms with Gasteiger partial charge in [-0.1, -0.05) is 30.3 Å². The van der Waals surface area contributed by atoms with Crippen LogP contribution in [0.3, 0.4) is 0 Å². The molecule has 0 radical (unpaired) electrons. The van der Waals surface area contributed by atoms with Crippen LogP contribution < -0.4 is 5.73 Å². The molecule has 2 aliphatic heterocycles. The van der Waals surface area contributed by atoms with Crippen LogP contribution in [-0.2, 0) is 9.53 Å². The van der Waals surface area contributed by atoms with Crippen molar-refractivity contribution in [3.63, 3.8) is 0 Å². The van der Waals surface area contributed by atoms with Crippen LogP contribution in [0.5, 0.6) is 0 Å². The summed E-state index contributed by atoms with van der Waals surface area (Å²) in [6.07, 6.45) is 0.696. The molecule has 0 spiro atoms. The van der Waals surface area contributed by atoms with Gasteiger partial charge < -0.3 is 20.5 Å². The minimum Gasteiger partial charge on any atom is -0.387 e. The van der Waals surface area contributed by atoms with Crippen molar-refractivity contribution in [2.24, 2.45) is 5.73 Å². The van der Waals surface area contributed by atoms with Gasteiger partial charge in [0.1, 0.15) is 0 Å². The van der Waals surface area contributed by atoms with E-state index >= 15 is 0 Å². The molecule has 3 N–H and O–H groups in total. The van der Waals surface area contributed by atoms with E-state index in [-0.39, 0.29) is 30.7 Å². The lowest BCUT2D eigenvalue weighted by atomic mass is 9.89. The quantitative estimate of drug-likeness (QED) is 0.786. The summed E-state index contributed by atoms with van der Waals surface area (Å²) in [6.45, 7) is 4.58. The Labute approximate surface area is 167 Å². The zero-order valence-electron chi connectivity index (χ0n) is 14.9. The smallest absolute Gasteiger partial charge is 0.242 e. The van der Waals surface area contributed by atoms with Gasteiger partial charge in [-0.15, -0.1) is 24.8 Å². The largest absolute Gasteiger partial charge is 0.387 e. The minimum atomic E-state index is -0.760. The average Bonchev–Trinajstić information content (AvgIpc) is 2.63. The van der Waals surface area contributed by atoms with Crippen molar-refractivity contribution >= 4 is 30.7 Å². The third kappa shape index (κ3) is 5.55. The van der Waals surface area contributed by atoms with E-state index < -0.39 is 11.6 Å². The van der Waals surface area contributed by atoms with Gasteiger partial charge in [-0.2, -0.15) is 0 Å². The molecule has 3 rings (SSSR count). The third-order valence-electron chi connectivity index (χ3n) is 5.09. The Morgan fingerprint density at radius 2 is 1.69 bits per heavy atom. The minimum absolute atomic E-state index is 0. The Balaban J connectivity index is 0.00000169. The SMILES string of the molecule is Cl.Cl.NC1(C(=O)N2CCN(CC(O)c3ccccc3)CC2)CCOCC1. The second-order valence-electron chi connectivity index (χ2n) is 6.79. The average molecular weight is 406 g/mol. The molecule has 1 aromatic rings. The van der Waals surface area contributed by atoms with Crippen LogP contribution in [-0.4, -0.2) is 72.3 Å². The molecule has 148 valence electrons. The molecule has 0 bridgehead atoms. The van der Waals surface area contributed by atoms with Gasteiger partial charge in [-0.25, -0.2) is 0 Å². The molecule has 0 saturated carbocycles. The first kappa shape index (κ1) is 23.1. The maximum atomic E-state index is 12.7. The summed E-state index contributed by atoms with van der Waals surface area (Å²) >= 11 is 0. The molecular formula is C18H29Cl2N3O3. The molecular weight excluding hydrogens is 377 g/mol. The highest BCUT2D eigenvalue weighted by Gasteiger charge is 2.39. The number of ether oxygens (including phenoxy) is 1. The molecule has 1 aromatic carbocycles. The molecule has 0 aliphatic carbocycles. The van der Waals surface area contributed by atoms with E-state index in [0.29, 0.717) is 45.7 Å². The number of amides is 1. The Bertz CT molecular complexity index is 548. The first-order valence-corrected chi connectivity index (χ1v) is 8.70. The Kier molecular flexibility index (Phi) is 9.30. The molecule has 2 heterocycles. The predicted octanol–water partition coefficient (Wildman–Crippen LogP) is 1.22. The van der Waals surface area contributed by atoms with Crippen LogP contribution in [0.4, 0.5) is 0 Å². The maximum Gasteiger partial charge on any atom is 0.242 e. The van der Waals surface area contributed by atoms with Crippen LogP contribution in [0.25, 0.3) is 0 Å². The molecule has 2 fully saturated rings. The van der Waals surface area contributed by atoms with E-state index in [4.69, 9.17) is 10.5 Å². The number of halogens is 2. The van der Waals surface area contributed by atoms with Gasteiger partial charge in [0.05, 0.1) is 11.6 Å².